The van der Waals surface area contributed by atoms with Gasteiger partial charge in [0, 0.05) is 37.8 Å². The van der Waals surface area contributed by atoms with E-state index in [0.717, 1.165) is 21.6 Å². The summed E-state index contributed by atoms with van der Waals surface area (Å²) in [5.41, 5.74) is 16.7. The van der Waals surface area contributed by atoms with Crippen molar-refractivity contribution < 1.29 is 62.3 Å². The Morgan fingerprint density at radius 1 is 0.781 bits per heavy atom. The lowest BCUT2D eigenvalue weighted by molar-refractivity contribution is -0.142. The first-order chi connectivity index (χ1) is 34.4. The number of primary amides is 3. The first-order valence-electron chi connectivity index (χ1n) is 23.8. The van der Waals surface area contributed by atoms with Crippen LogP contribution in [0.3, 0.4) is 0 Å². The normalized spacial score (nSPS) is 23.5. The molecule has 2 fully saturated rings. The number of methoxy groups -OCH3 is 1. The minimum atomic E-state index is -1.78. The predicted octanol–water partition coefficient (Wildman–Crippen LogP) is -3.13. The summed E-state index contributed by atoms with van der Waals surface area (Å²) in [6.07, 6.45) is -0.790. The van der Waals surface area contributed by atoms with E-state index >= 15 is 0 Å². The molecule has 0 radical (unpaired) electrons. The number of nitrogens with zero attached hydrogens (tertiary/aromatic N) is 1. The highest BCUT2D eigenvalue weighted by atomic mass is 33.1. The van der Waals surface area contributed by atoms with Gasteiger partial charge in [0.15, 0.2) is 0 Å². The Balaban J connectivity index is 2.12. The van der Waals surface area contributed by atoms with E-state index in [1.807, 2.05) is 13.8 Å². The molecule has 0 aromatic heterocycles. The van der Waals surface area contributed by atoms with Crippen molar-refractivity contribution in [3.8, 4) is 5.75 Å². The molecule has 12 amide bonds. The van der Waals surface area contributed by atoms with Crippen LogP contribution in [0.5, 0.6) is 5.75 Å². The molecule has 0 saturated carbocycles. The van der Waals surface area contributed by atoms with Gasteiger partial charge in [0.1, 0.15) is 54.1 Å². The van der Waals surface area contributed by atoms with Gasteiger partial charge in [-0.05, 0) is 55.2 Å². The maximum atomic E-state index is 14.6. The molecule has 0 bridgehead atoms. The lowest BCUT2D eigenvalue weighted by Gasteiger charge is -2.31. The molecule has 3 rings (SSSR count). The second kappa shape index (κ2) is 29.8. The Morgan fingerprint density at radius 2 is 1.40 bits per heavy atom. The molecule has 0 aliphatic carbocycles. The van der Waals surface area contributed by atoms with Gasteiger partial charge < -0.3 is 69.4 Å². The Morgan fingerprint density at radius 3 is 1.99 bits per heavy atom. The summed E-state index contributed by atoms with van der Waals surface area (Å²) in [6.45, 7) is 7.75. The third-order valence-corrected chi connectivity index (χ3v) is 14.3. The lowest BCUT2D eigenvalue weighted by atomic mass is 9.96. The molecule has 404 valence electrons. The molecule has 9 atom stereocenters. The Kier molecular flexibility index (Phi) is 24.7. The van der Waals surface area contributed by atoms with Crippen LogP contribution in [-0.4, -0.2) is 156 Å². The molecular weight excluding hydrogens is 993 g/mol. The molecular formula is C46H70N12O13S2. The van der Waals surface area contributed by atoms with Crippen LogP contribution in [0.2, 0.25) is 0 Å². The number of hydrogen-bond acceptors (Lipinski definition) is 15. The molecule has 1 aromatic rings. The summed E-state index contributed by atoms with van der Waals surface area (Å²) >= 11 is 0. The van der Waals surface area contributed by atoms with Crippen LogP contribution in [0.25, 0.3) is 0 Å². The lowest BCUT2D eigenvalue weighted by Crippen LogP contribution is -2.62. The van der Waals surface area contributed by atoms with Crippen LogP contribution in [0.15, 0.2) is 24.3 Å². The monoisotopic (exact) mass is 1060 g/mol. The number of nitrogens with one attached hydrogen (secondary N) is 8. The predicted molar refractivity (Wildman–Crippen MR) is 269 cm³/mol. The number of benzene rings is 1. The quantitative estimate of drug-likeness (QED) is 0.0611. The van der Waals surface area contributed by atoms with Crippen molar-refractivity contribution >= 4 is 92.5 Å². The second-order valence-corrected chi connectivity index (χ2v) is 20.8. The van der Waals surface area contributed by atoms with E-state index < -0.39 is 151 Å². The minimum absolute atomic E-state index is 0.0280. The number of carbonyl (C=O) groups is 12. The first kappa shape index (κ1) is 60.7. The van der Waals surface area contributed by atoms with Crippen LogP contribution >= 0.6 is 21.6 Å². The van der Waals surface area contributed by atoms with Crippen LogP contribution < -0.4 is 64.5 Å². The largest absolute Gasteiger partial charge is 0.497 e. The highest BCUT2D eigenvalue weighted by Gasteiger charge is 2.41. The molecule has 73 heavy (non-hydrogen) atoms. The number of nitrogens with two attached hydrogens (primary N) is 3. The fourth-order valence-electron chi connectivity index (χ4n) is 7.81. The summed E-state index contributed by atoms with van der Waals surface area (Å²) in [5, 5.41) is 20.5. The van der Waals surface area contributed by atoms with Gasteiger partial charge in [-0.3, -0.25) is 57.5 Å². The summed E-state index contributed by atoms with van der Waals surface area (Å²) in [6, 6.07) is -4.49. The van der Waals surface area contributed by atoms with E-state index in [1.54, 1.807) is 38.1 Å². The van der Waals surface area contributed by atoms with Crippen molar-refractivity contribution in [1.82, 2.24) is 47.4 Å². The standard InChI is InChI=1S/C46H70N12O13S2/c1-7-24(4)38-45(69)52-28(14-15-35(47)60)40(64)54-31(19-36(48)61)41(65)56-33(46(70)58-16-8-9-34(58)44(68)55-29(17-23(2)3)39(63)50-20-37(49)62)22-73-72-21-32(51-25(5)59)43(67)53-30(42(66)57-38)18-26-10-12-27(71-6)13-11-26/h10-13,23-24,28-34,38H,7-9,14-22H2,1-6H3,(H2,47,60)(H2,48,61)(H2,49,62)(H,50,63)(H,51,59)(H,52,69)(H,53,67)(H,54,64)(H,55,68)(H,56,65)(H,57,66)/t24-,28+,29-,30+,31-,32+,33-,34+,38-/m0/s1. The maximum Gasteiger partial charge on any atom is 0.246 e. The molecule has 1 aromatic carbocycles. The van der Waals surface area contributed by atoms with E-state index in [9.17, 15) is 57.5 Å². The van der Waals surface area contributed by atoms with Gasteiger partial charge in [0.2, 0.25) is 70.9 Å². The third kappa shape index (κ3) is 20.1. The molecule has 2 saturated heterocycles. The Bertz CT molecular complexity index is 2190. The van der Waals surface area contributed by atoms with Gasteiger partial charge in [-0.15, -0.1) is 0 Å². The van der Waals surface area contributed by atoms with Gasteiger partial charge in [-0.2, -0.15) is 0 Å². The van der Waals surface area contributed by atoms with E-state index in [-0.39, 0.29) is 43.2 Å². The van der Waals surface area contributed by atoms with Gasteiger partial charge in [0.05, 0.1) is 20.1 Å². The van der Waals surface area contributed by atoms with Crippen LogP contribution in [0.4, 0.5) is 0 Å². The van der Waals surface area contributed by atoms with Crippen molar-refractivity contribution in [3.63, 3.8) is 0 Å². The van der Waals surface area contributed by atoms with Crippen LogP contribution in [0.1, 0.15) is 85.1 Å². The van der Waals surface area contributed by atoms with E-state index in [2.05, 4.69) is 42.5 Å². The fourth-order valence-corrected chi connectivity index (χ4v) is 10.1. The van der Waals surface area contributed by atoms with Gasteiger partial charge in [0.25, 0.3) is 0 Å². The van der Waals surface area contributed by atoms with Gasteiger partial charge in [-0.1, -0.05) is 67.8 Å². The zero-order valence-corrected chi connectivity index (χ0v) is 43.5. The highest BCUT2D eigenvalue weighted by Crippen LogP contribution is 2.26. The van der Waals surface area contributed by atoms with E-state index in [4.69, 9.17) is 21.9 Å². The number of likely N-dealkylation sites (tertiary alicyclic amines) is 1. The molecule has 2 aliphatic heterocycles. The van der Waals surface area contributed by atoms with Crippen molar-refractivity contribution in [2.24, 2.45) is 29.0 Å². The summed E-state index contributed by atoms with van der Waals surface area (Å²) in [7, 11) is 3.46. The van der Waals surface area contributed by atoms with Crippen molar-refractivity contribution in [2.45, 2.75) is 134 Å². The third-order valence-electron chi connectivity index (χ3n) is 11.9. The molecule has 0 spiro atoms. The first-order valence-corrected chi connectivity index (χ1v) is 26.3. The molecule has 0 unspecified atom stereocenters. The second-order valence-electron chi connectivity index (χ2n) is 18.2. The van der Waals surface area contributed by atoms with Crippen molar-refractivity contribution in [2.75, 3.05) is 31.7 Å². The topological polar surface area (TPSA) is 392 Å². The molecule has 27 heteroatoms. The van der Waals surface area contributed by atoms with E-state index in [1.165, 1.54) is 18.9 Å². The summed E-state index contributed by atoms with van der Waals surface area (Å²) < 4.78 is 5.26. The number of ether oxygens (including phenoxy) is 1. The fraction of sp³-hybridized carbons (Fsp3) is 0.609. The zero-order chi connectivity index (χ0) is 54.5. The Hall–Kier alpha value is -6.64. The van der Waals surface area contributed by atoms with Crippen LogP contribution in [-0.2, 0) is 64.0 Å². The molecule has 2 heterocycles. The zero-order valence-electron chi connectivity index (χ0n) is 41.9. The van der Waals surface area contributed by atoms with Gasteiger partial charge >= 0.3 is 0 Å². The van der Waals surface area contributed by atoms with Crippen molar-refractivity contribution in [1.29, 1.82) is 0 Å². The van der Waals surface area contributed by atoms with Crippen molar-refractivity contribution in [3.05, 3.63) is 29.8 Å². The average Bonchev–Trinajstić information content (AvgIpc) is 3.83. The maximum absolute atomic E-state index is 14.6. The number of rotatable bonds is 19. The molecule has 2 aliphatic rings. The molecule has 25 nitrogen and oxygen atoms in total. The average molecular weight is 1060 g/mol. The van der Waals surface area contributed by atoms with Crippen LogP contribution in [0, 0.1) is 11.8 Å². The highest BCUT2D eigenvalue weighted by molar-refractivity contribution is 8.76. The van der Waals surface area contributed by atoms with E-state index in [0.29, 0.717) is 24.2 Å². The summed E-state index contributed by atoms with van der Waals surface area (Å²) in [5.74, 6) is -10.7. The number of hydrogen-bond donors (Lipinski definition) is 11. The molecule has 14 N–H and O–H groups in total. The smallest absolute Gasteiger partial charge is 0.246 e. The number of carbonyl (C=O) groups excluding carboxylic acids is 12. The summed E-state index contributed by atoms with van der Waals surface area (Å²) in [4.78, 5) is 162. The SMILES string of the molecule is CC[C@H](C)[C@@H]1NC(=O)[C@@H](Cc2ccc(OC)cc2)NC(=O)[C@H](NC(C)=O)CSSC[C@@H](C(=O)N2CCC[C@@H]2C(=O)N[C@@H](CC(C)C)C(=O)NCC(N)=O)NC(=O)[C@H](CC(N)=O)NC(=O)[C@@H](CCC(N)=O)NC1=O. The Labute approximate surface area is 431 Å². The number of amides is 12. The van der Waals surface area contributed by atoms with Gasteiger partial charge in [-0.25, -0.2) is 0 Å². The minimum Gasteiger partial charge on any atom is -0.497 e.